The zero-order chi connectivity index (χ0) is 25.8. The minimum Gasteiger partial charge on any atom is -0.368 e. The highest BCUT2D eigenvalue weighted by atomic mass is 35.5. The van der Waals surface area contributed by atoms with Crippen molar-refractivity contribution in [2.24, 2.45) is 0 Å². The summed E-state index contributed by atoms with van der Waals surface area (Å²) in [6.07, 6.45) is 1.98. The van der Waals surface area contributed by atoms with E-state index in [4.69, 9.17) is 23.2 Å². The fourth-order valence-electron chi connectivity index (χ4n) is 4.46. The maximum absolute atomic E-state index is 12.9. The van der Waals surface area contributed by atoms with E-state index in [-0.39, 0.29) is 18.4 Å². The van der Waals surface area contributed by atoms with Crippen LogP contribution in [0.25, 0.3) is 0 Å². The molecule has 3 aromatic rings. The largest absolute Gasteiger partial charge is 0.368 e. The van der Waals surface area contributed by atoms with Gasteiger partial charge in [-0.2, -0.15) is 0 Å². The van der Waals surface area contributed by atoms with Crippen LogP contribution in [0.4, 0.5) is 21.4 Å². The van der Waals surface area contributed by atoms with E-state index in [1.165, 1.54) is 11.3 Å². The zero-order valence-electron chi connectivity index (χ0n) is 20.1. The number of carbonyl (C=O) groups is 2. The van der Waals surface area contributed by atoms with Crippen molar-refractivity contribution in [1.29, 1.82) is 0 Å². The number of rotatable bonds is 5. The minimum absolute atomic E-state index is 0.0302. The summed E-state index contributed by atoms with van der Waals surface area (Å²) in [5.41, 5.74) is 1.66. The highest BCUT2D eigenvalue weighted by molar-refractivity contribution is 7.13. The standard InChI is InChI=1S/C25H27Cl2N7O2S/c26-20-5-4-19(16-21(20)27)31-7-11-33(12-8-31)23(35)15-18-17-37-24(29-18)30-25(36)34-13-9-32(10-14-34)22-3-1-2-6-28-22/h1-6,16-17H,7-15H2,(H,29,30,36). The predicted octanol–water partition coefficient (Wildman–Crippen LogP) is 4.09. The van der Waals surface area contributed by atoms with E-state index in [9.17, 15) is 9.59 Å². The van der Waals surface area contributed by atoms with Gasteiger partial charge in [0.15, 0.2) is 5.13 Å². The molecule has 0 atom stereocenters. The molecule has 0 unspecified atom stereocenters. The number of piperazine rings is 2. The Bertz CT molecular complexity index is 1240. The average molecular weight is 561 g/mol. The third-order valence-corrected chi connectivity index (χ3v) is 8.08. The third kappa shape index (κ3) is 6.26. The Hall–Kier alpha value is -3.08. The Labute approximate surface area is 229 Å². The molecule has 194 valence electrons. The van der Waals surface area contributed by atoms with Gasteiger partial charge in [0, 0.05) is 69.6 Å². The van der Waals surface area contributed by atoms with Crippen LogP contribution in [0.5, 0.6) is 0 Å². The molecule has 5 rings (SSSR count). The number of nitrogens with one attached hydrogen (secondary N) is 1. The monoisotopic (exact) mass is 559 g/mol. The first kappa shape index (κ1) is 25.6. The van der Waals surface area contributed by atoms with Gasteiger partial charge < -0.3 is 19.6 Å². The second kappa shape index (κ2) is 11.5. The Morgan fingerprint density at radius 1 is 0.892 bits per heavy atom. The SMILES string of the molecule is O=C(Cc1csc(NC(=O)N2CCN(c3ccccn3)CC2)n1)N1CCN(c2ccc(Cl)c(Cl)c2)CC1. The molecule has 9 nitrogen and oxygen atoms in total. The van der Waals surface area contributed by atoms with Crippen LogP contribution in [-0.4, -0.2) is 84.1 Å². The Morgan fingerprint density at radius 2 is 1.62 bits per heavy atom. The first-order valence-corrected chi connectivity index (χ1v) is 13.7. The number of urea groups is 1. The molecular weight excluding hydrogens is 533 g/mol. The molecule has 3 amide bonds. The summed E-state index contributed by atoms with van der Waals surface area (Å²) in [4.78, 5) is 42.4. The number of pyridine rings is 1. The van der Waals surface area contributed by atoms with Gasteiger partial charge in [-0.25, -0.2) is 14.8 Å². The molecular formula is C25H27Cl2N7O2S. The zero-order valence-corrected chi connectivity index (χ0v) is 22.5. The molecule has 0 saturated carbocycles. The predicted molar refractivity (Wildman–Crippen MR) is 148 cm³/mol. The van der Waals surface area contributed by atoms with E-state index in [0.29, 0.717) is 47.0 Å². The fraction of sp³-hybridized carbons (Fsp3) is 0.360. The van der Waals surface area contributed by atoms with Crippen LogP contribution in [-0.2, 0) is 11.2 Å². The topological polar surface area (TPSA) is 84.9 Å². The second-order valence-electron chi connectivity index (χ2n) is 8.88. The number of carbonyl (C=O) groups excluding carboxylic acids is 2. The van der Waals surface area contributed by atoms with E-state index in [2.05, 4.69) is 25.1 Å². The van der Waals surface area contributed by atoms with Crippen molar-refractivity contribution in [2.75, 3.05) is 67.5 Å². The van der Waals surface area contributed by atoms with Crippen LogP contribution in [0.3, 0.4) is 0 Å². The molecule has 0 radical (unpaired) electrons. The van der Waals surface area contributed by atoms with Crippen LogP contribution >= 0.6 is 34.5 Å². The summed E-state index contributed by atoms with van der Waals surface area (Å²) < 4.78 is 0. The van der Waals surface area contributed by atoms with Crippen molar-refractivity contribution in [3.8, 4) is 0 Å². The molecule has 0 spiro atoms. The number of hydrogen-bond acceptors (Lipinski definition) is 7. The smallest absolute Gasteiger partial charge is 0.323 e. The van der Waals surface area contributed by atoms with E-state index in [1.807, 2.05) is 40.6 Å². The molecule has 0 bridgehead atoms. The number of anilines is 3. The van der Waals surface area contributed by atoms with Gasteiger partial charge in [0.05, 0.1) is 22.2 Å². The van der Waals surface area contributed by atoms with E-state index >= 15 is 0 Å². The molecule has 4 heterocycles. The normalized spacial score (nSPS) is 16.2. The number of hydrogen-bond donors (Lipinski definition) is 1. The van der Waals surface area contributed by atoms with Crippen LogP contribution in [0, 0.1) is 0 Å². The number of amides is 3. The summed E-state index contributed by atoms with van der Waals surface area (Å²) in [6.45, 7) is 5.33. The van der Waals surface area contributed by atoms with Crippen LogP contribution < -0.4 is 15.1 Å². The van der Waals surface area contributed by atoms with Gasteiger partial charge in [-0.15, -0.1) is 11.3 Å². The Kier molecular flexibility index (Phi) is 7.97. The van der Waals surface area contributed by atoms with Gasteiger partial charge >= 0.3 is 6.03 Å². The van der Waals surface area contributed by atoms with Crippen LogP contribution in [0.2, 0.25) is 10.0 Å². The summed E-state index contributed by atoms with van der Waals surface area (Å²) in [5.74, 6) is 0.954. The molecule has 2 aromatic heterocycles. The molecule has 1 aromatic carbocycles. The van der Waals surface area contributed by atoms with Gasteiger partial charge in [-0.05, 0) is 30.3 Å². The molecule has 2 fully saturated rings. The fourth-order valence-corrected chi connectivity index (χ4v) is 5.45. The summed E-state index contributed by atoms with van der Waals surface area (Å²) in [6, 6.07) is 11.2. The number of benzene rings is 1. The van der Waals surface area contributed by atoms with Crippen molar-refractivity contribution in [1.82, 2.24) is 19.8 Å². The lowest BCUT2D eigenvalue weighted by molar-refractivity contribution is -0.130. The van der Waals surface area contributed by atoms with Gasteiger partial charge in [0.2, 0.25) is 5.91 Å². The summed E-state index contributed by atoms with van der Waals surface area (Å²) >= 11 is 13.5. The molecule has 2 saturated heterocycles. The maximum Gasteiger partial charge on any atom is 0.323 e. The third-order valence-electron chi connectivity index (χ3n) is 6.54. The van der Waals surface area contributed by atoms with Gasteiger partial charge in [-0.3, -0.25) is 10.1 Å². The van der Waals surface area contributed by atoms with Crippen molar-refractivity contribution >= 4 is 63.1 Å². The van der Waals surface area contributed by atoms with Crippen molar-refractivity contribution < 1.29 is 9.59 Å². The van der Waals surface area contributed by atoms with Crippen molar-refractivity contribution in [3.63, 3.8) is 0 Å². The van der Waals surface area contributed by atoms with E-state index < -0.39 is 0 Å². The van der Waals surface area contributed by atoms with Crippen LogP contribution in [0.15, 0.2) is 48.0 Å². The minimum atomic E-state index is -0.175. The Balaban J connectivity index is 1.07. The molecule has 2 aliphatic rings. The quantitative estimate of drug-likeness (QED) is 0.506. The van der Waals surface area contributed by atoms with Crippen molar-refractivity contribution in [2.45, 2.75) is 6.42 Å². The average Bonchev–Trinajstić information content (AvgIpc) is 3.37. The second-order valence-corrected chi connectivity index (χ2v) is 10.6. The summed E-state index contributed by atoms with van der Waals surface area (Å²) in [7, 11) is 0. The first-order chi connectivity index (χ1) is 18.0. The van der Waals surface area contributed by atoms with E-state index in [0.717, 1.165) is 37.7 Å². The highest BCUT2D eigenvalue weighted by Crippen LogP contribution is 2.28. The molecule has 0 aliphatic carbocycles. The van der Waals surface area contributed by atoms with Gasteiger partial charge in [0.1, 0.15) is 5.82 Å². The van der Waals surface area contributed by atoms with Crippen LogP contribution in [0.1, 0.15) is 5.69 Å². The molecule has 12 heteroatoms. The lowest BCUT2D eigenvalue weighted by Gasteiger charge is -2.36. The molecule has 1 N–H and O–H groups in total. The van der Waals surface area contributed by atoms with Gasteiger partial charge in [-0.1, -0.05) is 29.3 Å². The summed E-state index contributed by atoms with van der Waals surface area (Å²) in [5, 5.41) is 6.27. The highest BCUT2D eigenvalue weighted by Gasteiger charge is 2.24. The van der Waals surface area contributed by atoms with Gasteiger partial charge in [0.25, 0.3) is 0 Å². The lowest BCUT2D eigenvalue weighted by Crippen LogP contribution is -2.50. The van der Waals surface area contributed by atoms with Crippen molar-refractivity contribution in [3.05, 3.63) is 63.7 Å². The number of halogens is 2. The lowest BCUT2D eigenvalue weighted by atomic mass is 10.2. The Morgan fingerprint density at radius 3 is 2.32 bits per heavy atom. The first-order valence-electron chi connectivity index (χ1n) is 12.1. The van der Waals surface area contributed by atoms with E-state index in [1.54, 1.807) is 17.2 Å². The molecule has 2 aliphatic heterocycles. The molecule has 37 heavy (non-hydrogen) atoms. The number of thiazole rings is 1. The number of aromatic nitrogens is 2. The number of nitrogens with zero attached hydrogens (tertiary/aromatic N) is 6. The maximum atomic E-state index is 12.9.